The molecule has 0 spiro atoms. The molecule has 1 amide bonds. The number of anilines is 1. The smallest absolute Gasteiger partial charge is 0.341 e. The Hall–Kier alpha value is -3.49. The first-order valence-corrected chi connectivity index (χ1v) is 14.9. The number of rotatable bonds is 13. The number of thiophene rings is 1. The standard InChI is InChI=1S/C28H32N2O9S2/c1-18-24(16-19-5-10-22-23(15-19)39-17-38-22)40-27(25(18)28(32)37-4)29-26(31)20-6-8-21(9-7-20)41(33,34)30(11-13-35-2)12-14-36-3/h5-10,15H,11-14,16-17H2,1-4H3,(H,29,31). The molecule has 0 bridgehead atoms. The van der Waals surface area contributed by atoms with Crippen LogP contribution in [0.1, 0.15) is 36.7 Å². The number of sulfonamides is 1. The van der Waals surface area contributed by atoms with Crippen LogP contribution < -0.4 is 14.8 Å². The van der Waals surface area contributed by atoms with E-state index in [9.17, 15) is 18.0 Å². The van der Waals surface area contributed by atoms with Crippen LogP contribution in [0.2, 0.25) is 0 Å². The van der Waals surface area contributed by atoms with Crippen molar-refractivity contribution in [3.05, 3.63) is 69.6 Å². The molecule has 2 aromatic carbocycles. The lowest BCUT2D eigenvalue weighted by molar-refractivity contribution is 0.0601. The Morgan fingerprint density at radius 3 is 2.27 bits per heavy atom. The van der Waals surface area contributed by atoms with Gasteiger partial charge >= 0.3 is 5.97 Å². The van der Waals surface area contributed by atoms with Crippen molar-refractivity contribution in [2.45, 2.75) is 18.2 Å². The molecule has 0 radical (unpaired) electrons. The van der Waals surface area contributed by atoms with Crippen LogP contribution in [-0.2, 0) is 30.7 Å². The second-order valence-electron chi connectivity index (χ2n) is 9.08. The number of carbonyl (C=O) groups excluding carboxylic acids is 2. The molecule has 0 saturated heterocycles. The molecule has 0 fully saturated rings. The Bertz CT molecular complexity index is 1490. The molecule has 0 atom stereocenters. The maximum atomic E-state index is 13.2. The Balaban J connectivity index is 1.54. The number of esters is 1. The van der Waals surface area contributed by atoms with Crippen LogP contribution in [-0.4, -0.2) is 79.0 Å². The first-order valence-electron chi connectivity index (χ1n) is 12.7. The summed E-state index contributed by atoms with van der Waals surface area (Å²) >= 11 is 1.28. The van der Waals surface area contributed by atoms with Crippen LogP contribution in [0, 0.1) is 6.92 Å². The van der Waals surface area contributed by atoms with E-state index >= 15 is 0 Å². The summed E-state index contributed by atoms with van der Waals surface area (Å²) in [5, 5.41) is 3.15. The molecular formula is C28H32N2O9S2. The highest BCUT2D eigenvalue weighted by molar-refractivity contribution is 7.89. The van der Waals surface area contributed by atoms with Crippen molar-refractivity contribution in [3.63, 3.8) is 0 Å². The van der Waals surface area contributed by atoms with Gasteiger partial charge in [0.15, 0.2) is 11.5 Å². The minimum Gasteiger partial charge on any atom is -0.465 e. The van der Waals surface area contributed by atoms with E-state index in [1.54, 1.807) is 6.92 Å². The third-order valence-electron chi connectivity index (χ3n) is 6.51. The first kappa shape index (κ1) is 30.5. The Morgan fingerprint density at radius 1 is 0.976 bits per heavy atom. The molecule has 11 nitrogen and oxygen atoms in total. The van der Waals surface area contributed by atoms with Crippen molar-refractivity contribution in [1.82, 2.24) is 4.31 Å². The number of fused-ring (bicyclic) bond motifs is 1. The predicted octanol–water partition coefficient (Wildman–Crippen LogP) is 3.70. The van der Waals surface area contributed by atoms with Crippen LogP contribution in [0.5, 0.6) is 11.5 Å². The van der Waals surface area contributed by atoms with Crippen molar-refractivity contribution < 1.29 is 41.7 Å². The van der Waals surface area contributed by atoms with Gasteiger partial charge < -0.3 is 29.0 Å². The monoisotopic (exact) mass is 604 g/mol. The summed E-state index contributed by atoms with van der Waals surface area (Å²) in [6.45, 7) is 2.75. The molecule has 0 unspecified atom stereocenters. The molecule has 41 heavy (non-hydrogen) atoms. The Kier molecular flexibility index (Phi) is 9.99. The predicted molar refractivity (Wildman–Crippen MR) is 153 cm³/mol. The van der Waals surface area contributed by atoms with Crippen LogP contribution in [0.4, 0.5) is 5.00 Å². The van der Waals surface area contributed by atoms with Gasteiger partial charge in [-0.2, -0.15) is 4.31 Å². The van der Waals surface area contributed by atoms with Crippen LogP contribution in [0.25, 0.3) is 0 Å². The molecule has 1 aromatic heterocycles. The molecule has 1 aliphatic rings. The van der Waals surface area contributed by atoms with E-state index in [1.807, 2.05) is 18.2 Å². The van der Waals surface area contributed by atoms with Crippen molar-refractivity contribution in [2.75, 3.05) is 59.7 Å². The van der Waals surface area contributed by atoms with Crippen molar-refractivity contribution in [2.24, 2.45) is 0 Å². The van der Waals surface area contributed by atoms with Crippen molar-refractivity contribution in [3.8, 4) is 11.5 Å². The Labute approximate surface area is 243 Å². The van der Waals surface area contributed by atoms with E-state index in [0.717, 1.165) is 10.4 Å². The van der Waals surface area contributed by atoms with Gasteiger partial charge in [0.1, 0.15) is 5.00 Å². The topological polar surface area (TPSA) is 130 Å². The average molecular weight is 605 g/mol. The summed E-state index contributed by atoms with van der Waals surface area (Å²) in [6.07, 6.45) is 0.502. The summed E-state index contributed by atoms with van der Waals surface area (Å²) in [4.78, 5) is 26.8. The number of methoxy groups -OCH3 is 3. The van der Waals surface area contributed by atoms with Gasteiger partial charge in [0.25, 0.3) is 5.91 Å². The maximum absolute atomic E-state index is 13.2. The minimum absolute atomic E-state index is 0.0366. The first-order chi connectivity index (χ1) is 19.7. The largest absolute Gasteiger partial charge is 0.465 e. The van der Waals surface area contributed by atoms with Gasteiger partial charge in [-0.15, -0.1) is 11.3 Å². The van der Waals surface area contributed by atoms with Gasteiger partial charge in [-0.05, 0) is 54.4 Å². The number of amides is 1. The lowest BCUT2D eigenvalue weighted by atomic mass is 10.1. The summed E-state index contributed by atoms with van der Waals surface area (Å²) in [5.41, 5.74) is 2.15. The number of carbonyl (C=O) groups is 2. The van der Waals surface area contributed by atoms with E-state index in [0.29, 0.717) is 28.5 Å². The second-order valence-corrected chi connectivity index (χ2v) is 12.1. The SMILES string of the molecule is COCCN(CCOC)S(=O)(=O)c1ccc(C(=O)Nc2sc(Cc3ccc4c(c3)OCO4)c(C)c2C(=O)OC)cc1. The highest BCUT2D eigenvalue weighted by Crippen LogP contribution is 2.38. The minimum atomic E-state index is -3.84. The number of hydrogen-bond donors (Lipinski definition) is 1. The van der Waals surface area contributed by atoms with E-state index < -0.39 is 21.9 Å². The van der Waals surface area contributed by atoms with Gasteiger partial charge in [0.05, 0.1) is 30.8 Å². The van der Waals surface area contributed by atoms with Crippen molar-refractivity contribution in [1.29, 1.82) is 0 Å². The second kappa shape index (κ2) is 13.4. The molecule has 4 rings (SSSR count). The molecule has 0 saturated carbocycles. The lowest BCUT2D eigenvalue weighted by Crippen LogP contribution is -2.36. The van der Waals surface area contributed by atoms with Gasteiger partial charge in [-0.1, -0.05) is 6.07 Å². The molecule has 220 valence electrons. The molecule has 0 aliphatic carbocycles. The molecule has 3 aromatic rings. The van der Waals surface area contributed by atoms with E-state index in [2.05, 4.69) is 5.32 Å². The highest BCUT2D eigenvalue weighted by atomic mass is 32.2. The van der Waals surface area contributed by atoms with Gasteiger partial charge in [0.2, 0.25) is 16.8 Å². The van der Waals surface area contributed by atoms with E-state index in [-0.39, 0.29) is 49.1 Å². The molecular weight excluding hydrogens is 572 g/mol. The van der Waals surface area contributed by atoms with Gasteiger partial charge in [-0.25, -0.2) is 13.2 Å². The third-order valence-corrected chi connectivity index (χ3v) is 9.63. The van der Waals surface area contributed by atoms with Crippen LogP contribution >= 0.6 is 11.3 Å². The molecule has 1 aliphatic heterocycles. The fourth-order valence-corrected chi connectivity index (χ4v) is 6.87. The fraction of sp³-hybridized carbons (Fsp3) is 0.357. The number of hydrogen-bond acceptors (Lipinski definition) is 10. The average Bonchev–Trinajstić information content (AvgIpc) is 3.56. The van der Waals surface area contributed by atoms with Crippen molar-refractivity contribution >= 4 is 38.2 Å². The fourth-order valence-electron chi connectivity index (χ4n) is 4.24. The molecule has 2 heterocycles. The summed E-state index contributed by atoms with van der Waals surface area (Å²) < 4.78 is 53.5. The highest BCUT2D eigenvalue weighted by Gasteiger charge is 2.26. The zero-order chi connectivity index (χ0) is 29.6. The van der Waals surface area contributed by atoms with Crippen LogP contribution in [0.3, 0.4) is 0 Å². The number of ether oxygens (including phenoxy) is 5. The zero-order valence-corrected chi connectivity index (χ0v) is 24.9. The quantitative estimate of drug-likeness (QED) is 0.290. The Morgan fingerprint density at radius 2 is 1.63 bits per heavy atom. The molecule has 13 heteroatoms. The zero-order valence-electron chi connectivity index (χ0n) is 23.2. The maximum Gasteiger partial charge on any atom is 0.341 e. The van der Waals surface area contributed by atoms with Gasteiger partial charge in [0, 0.05) is 44.2 Å². The van der Waals surface area contributed by atoms with E-state index in [1.165, 1.54) is 61.2 Å². The number of nitrogens with zero attached hydrogens (tertiary/aromatic N) is 1. The van der Waals surface area contributed by atoms with Gasteiger partial charge in [-0.3, -0.25) is 4.79 Å². The lowest BCUT2D eigenvalue weighted by Gasteiger charge is -2.21. The van der Waals surface area contributed by atoms with Crippen LogP contribution in [0.15, 0.2) is 47.4 Å². The third kappa shape index (κ3) is 6.88. The summed E-state index contributed by atoms with van der Waals surface area (Å²) in [6, 6.07) is 11.3. The summed E-state index contributed by atoms with van der Waals surface area (Å²) in [7, 11) is 0.435. The number of nitrogens with one attached hydrogen (secondary N) is 1. The molecule has 1 N–H and O–H groups in total. The van der Waals surface area contributed by atoms with E-state index in [4.69, 9.17) is 23.7 Å². The summed E-state index contributed by atoms with van der Waals surface area (Å²) in [5.74, 6) is 0.269. The normalized spacial score (nSPS) is 12.5. The number of benzene rings is 2.